The molecule has 7 aromatic carbocycles. The molecule has 0 saturated carbocycles. The second-order valence-electron chi connectivity index (χ2n) is 13.8. The fraction of sp³-hybridized carbons (Fsp3) is 0.0588. The number of hydrogen-bond acceptors (Lipinski definition) is 2. The van der Waals surface area contributed by atoms with Crippen molar-refractivity contribution in [3.05, 3.63) is 211 Å². The van der Waals surface area contributed by atoms with Crippen LogP contribution in [-0.2, 0) is 12.8 Å². The fourth-order valence-corrected chi connectivity index (χ4v) is 8.57. The van der Waals surface area contributed by atoms with Gasteiger partial charge in [0.2, 0.25) is 0 Å². The Balaban J connectivity index is 0.00000372. The van der Waals surface area contributed by atoms with Crippen LogP contribution >= 0.6 is 0 Å². The molecule has 0 unspecified atom stereocenters. The van der Waals surface area contributed by atoms with Crippen LogP contribution in [-0.4, -0.2) is 0 Å². The molecule has 0 aromatic heterocycles. The predicted octanol–water partition coefficient (Wildman–Crippen LogP) is 14.0. The van der Waals surface area contributed by atoms with Crippen LogP contribution < -0.4 is 9.80 Å². The van der Waals surface area contributed by atoms with Crippen LogP contribution in [0.25, 0.3) is 44.5 Å². The van der Waals surface area contributed by atoms with Gasteiger partial charge in [-0.1, -0.05) is 153 Å². The van der Waals surface area contributed by atoms with Crippen LogP contribution in [0.1, 0.15) is 18.6 Å². The van der Waals surface area contributed by atoms with Crippen molar-refractivity contribution in [3.8, 4) is 44.5 Å². The summed E-state index contributed by atoms with van der Waals surface area (Å²) < 4.78 is 0. The van der Waals surface area contributed by atoms with Crippen LogP contribution in [0.5, 0.6) is 0 Å². The van der Waals surface area contributed by atoms with Crippen molar-refractivity contribution in [2.75, 3.05) is 9.80 Å². The normalized spacial score (nSPS) is 14.3. The highest BCUT2D eigenvalue weighted by Gasteiger charge is 2.29. The van der Waals surface area contributed by atoms with Gasteiger partial charge in [0.05, 0.1) is 22.7 Å². The Bertz CT molecular complexity index is 2490. The van der Waals surface area contributed by atoms with Crippen LogP contribution in [0.2, 0.25) is 0 Å². The number of benzene rings is 7. The summed E-state index contributed by atoms with van der Waals surface area (Å²) in [6.07, 6.45) is 8.29. The highest BCUT2D eigenvalue weighted by atomic mass is 15.2. The first-order chi connectivity index (χ1) is 25.8. The maximum absolute atomic E-state index is 4.17. The SMILES string of the molecule is C.C=C/C=C(\C=C1/Cc2ccc(N3c4ccccc4-c4ccccc4-c4ccccc43)cc2C1)N1c2ccccc2-c2ccccc2-c2ccccc21. The van der Waals surface area contributed by atoms with Crippen molar-refractivity contribution in [1.29, 1.82) is 0 Å². The zero-order valence-corrected chi connectivity index (χ0v) is 28.8. The minimum Gasteiger partial charge on any atom is -0.309 e. The van der Waals surface area contributed by atoms with E-state index in [9.17, 15) is 0 Å². The topological polar surface area (TPSA) is 6.48 Å². The minimum absolute atomic E-state index is 0. The van der Waals surface area contributed by atoms with Gasteiger partial charge in [0.1, 0.15) is 0 Å². The maximum Gasteiger partial charge on any atom is 0.0540 e. The third-order valence-electron chi connectivity index (χ3n) is 10.8. The van der Waals surface area contributed by atoms with Crippen molar-refractivity contribution < 1.29 is 0 Å². The Morgan fingerprint density at radius 2 is 0.849 bits per heavy atom. The summed E-state index contributed by atoms with van der Waals surface area (Å²) in [4.78, 5) is 4.88. The fourth-order valence-electron chi connectivity index (χ4n) is 8.57. The zero-order valence-electron chi connectivity index (χ0n) is 28.8. The molecule has 53 heavy (non-hydrogen) atoms. The number of hydrogen-bond donors (Lipinski definition) is 0. The molecule has 2 heterocycles. The molecule has 1 aliphatic carbocycles. The number of nitrogens with zero attached hydrogens (tertiary/aromatic N) is 2. The molecule has 0 bridgehead atoms. The summed E-state index contributed by atoms with van der Waals surface area (Å²) in [7, 11) is 0. The van der Waals surface area contributed by atoms with Gasteiger partial charge in [0.15, 0.2) is 0 Å². The third kappa shape index (κ3) is 5.26. The van der Waals surface area contributed by atoms with E-state index < -0.39 is 0 Å². The summed E-state index contributed by atoms with van der Waals surface area (Å²) in [5.74, 6) is 0. The van der Waals surface area contributed by atoms with E-state index in [-0.39, 0.29) is 7.43 Å². The standard InChI is InChI=1S/C50H36N2.CH4/c1-2-15-37(51-47-24-11-7-20-43(47)39-16-3-4-17-40(39)44-21-8-12-25-48(44)51)32-34-30-35-28-29-38(33-36(35)31-34)52-49-26-13-9-22-45(49)41-18-5-6-19-42(41)46-23-10-14-27-50(46)52;/h2-29,32-33H,1,30-31H2;1H4/b34-32+,37-15+;. The summed E-state index contributed by atoms with van der Waals surface area (Å²) in [5.41, 5.74) is 21.1. The average Bonchev–Trinajstić information content (AvgIpc) is 3.49. The molecule has 0 atom stereocenters. The lowest BCUT2D eigenvalue weighted by Crippen LogP contribution is -2.16. The molecule has 2 aliphatic heterocycles. The summed E-state index contributed by atoms with van der Waals surface area (Å²) in [6, 6.07) is 59.8. The molecule has 0 N–H and O–H groups in total. The van der Waals surface area contributed by atoms with Crippen molar-refractivity contribution in [1.82, 2.24) is 0 Å². The van der Waals surface area contributed by atoms with Gasteiger partial charge < -0.3 is 9.80 Å². The molecule has 0 radical (unpaired) electrons. The Morgan fingerprint density at radius 1 is 0.453 bits per heavy atom. The smallest absolute Gasteiger partial charge is 0.0540 e. The average molecular weight is 681 g/mol. The van der Waals surface area contributed by atoms with Gasteiger partial charge in [-0.25, -0.2) is 0 Å². The predicted molar refractivity (Wildman–Crippen MR) is 226 cm³/mol. The van der Waals surface area contributed by atoms with E-state index in [2.05, 4.69) is 192 Å². The van der Waals surface area contributed by atoms with Gasteiger partial charge in [-0.2, -0.15) is 0 Å². The third-order valence-corrected chi connectivity index (χ3v) is 10.8. The second kappa shape index (κ2) is 13.2. The number of rotatable bonds is 4. The molecule has 3 aliphatic rings. The van der Waals surface area contributed by atoms with Crippen LogP contribution in [0.15, 0.2) is 200 Å². The molecular weight excluding hydrogens is 641 g/mol. The number of anilines is 5. The molecular formula is C51H40N2. The number of fused-ring (bicyclic) bond motifs is 11. The first kappa shape index (κ1) is 32.3. The minimum atomic E-state index is 0. The first-order valence-corrected chi connectivity index (χ1v) is 18.1. The van der Waals surface area contributed by atoms with Crippen molar-refractivity contribution in [2.24, 2.45) is 0 Å². The molecule has 0 amide bonds. The largest absolute Gasteiger partial charge is 0.309 e. The first-order valence-electron chi connectivity index (χ1n) is 18.1. The Labute approximate surface area is 312 Å². The molecule has 0 spiro atoms. The lowest BCUT2D eigenvalue weighted by atomic mass is 9.95. The molecule has 254 valence electrons. The molecule has 7 aromatic rings. The summed E-state index contributed by atoms with van der Waals surface area (Å²) in [5, 5.41) is 0. The van der Waals surface area contributed by atoms with Gasteiger partial charge in [-0.3, -0.25) is 0 Å². The van der Waals surface area contributed by atoms with E-state index >= 15 is 0 Å². The van der Waals surface area contributed by atoms with E-state index in [1.165, 1.54) is 89.6 Å². The quantitative estimate of drug-likeness (QED) is 0.171. The van der Waals surface area contributed by atoms with E-state index in [1.54, 1.807) is 0 Å². The van der Waals surface area contributed by atoms with Gasteiger partial charge in [0.25, 0.3) is 0 Å². The highest BCUT2D eigenvalue weighted by Crippen LogP contribution is 2.52. The maximum atomic E-state index is 4.17. The lowest BCUT2D eigenvalue weighted by Gasteiger charge is -2.28. The number of para-hydroxylation sites is 4. The van der Waals surface area contributed by atoms with Crippen LogP contribution in [0, 0.1) is 0 Å². The van der Waals surface area contributed by atoms with Gasteiger partial charge in [-0.15, -0.1) is 0 Å². The molecule has 2 nitrogen and oxygen atoms in total. The highest BCUT2D eigenvalue weighted by molar-refractivity contribution is 6.03. The van der Waals surface area contributed by atoms with Gasteiger partial charge in [-0.05, 0) is 94.8 Å². The summed E-state index contributed by atoms with van der Waals surface area (Å²) >= 11 is 0. The van der Waals surface area contributed by atoms with E-state index in [0.717, 1.165) is 18.5 Å². The van der Waals surface area contributed by atoms with E-state index in [0.29, 0.717) is 0 Å². The molecule has 0 fully saturated rings. The van der Waals surface area contributed by atoms with Crippen LogP contribution in [0.3, 0.4) is 0 Å². The summed E-state index contributed by atoms with van der Waals surface area (Å²) in [6.45, 7) is 4.17. The van der Waals surface area contributed by atoms with Crippen molar-refractivity contribution in [3.63, 3.8) is 0 Å². The Hall–Kier alpha value is -6.64. The van der Waals surface area contributed by atoms with E-state index in [4.69, 9.17) is 0 Å². The zero-order chi connectivity index (χ0) is 34.6. The Morgan fingerprint density at radius 3 is 1.32 bits per heavy atom. The molecule has 0 saturated heterocycles. The number of allylic oxidation sites excluding steroid dienone is 4. The van der Waals surface area contributed by atoms with Gasteiger partial charge >= 0.3 is 0 Å². The lowest BCUT2D eigenvalue weighted by molar-refractivity contribution is 1.13. The second-order valence-corrected chi connectivity index (χ2v) is 13.8. The van der Waals surface area contributed by atoms with Crippen molar-refractivity contribution >= 4 is 28.4 Å². The van der Waals surface area contributed by atoms with Gasteiger partial charge in [0, 0.05) is 33.6 Å². The van der Waals surface area contributed by atoms with Crippen LogP contribution in [0.4, 0.5) is 28.4 Å². The molecule has 2 heteroatoms. The molecule has 10 rings (SSSR count). The monoisotopic (exact) mass is 680 g/mol. The van der Waals surface area contributed by atoms with Crippen molar-refractivity contribution in [2.45, 2.75) is 20.3 Å². The van der Waals surface area contributed by atoms with E-state index in [1.807, 2.05) is 6.08 Å². The Kier molecular flexibility index (Phi) is 8.01.